The number of fused-ring (bicyclic) bond motifs is 1. The van der Waals surface area contributed by atoms with E-state index in [1.807, 2.05) is 17.9 Å². The van der Waals surface area contributed by atoms with Crippen molar-refractivity contribution in [1.82, 2.24) is 9.88 Å². The van der Waals surface area contributed by atoms with Crippen LogP contribution in [0.1, 0.15) is 34.5 Å². The molecule has 10 heteroatoms. The fourth-order valence-electron chi connectivity index (χ4n) is 3.71. The molecule has 0 spiro atoms. The topological polar surface area (TPSA) is 127 Å². The minimum Gasteiger partial charge on any atom is -0.492 e. The Morgan fingerprint density at radius 2 is 2.17 bits per heavy atom. The summed E-state index contributed by atoms with van der Waals surface area (Å²) in [5.74, 6) is 0.472. The second-order valence-electron chi connectivity index (χ2n) is 7.49. The van der Waals surface area contributed by atoms with Crippen molar-refractivity contribution in [3.8, 4) is 5.75 Å². The number of piperidine rings is 1. The number of nitrogens with two attached hydrogens (primary N) is 1. The van der Waals surface area contributed by atoms with Crippen LogP contribution in [0.4, 0.5) is 5.69 Å². The average molecular weight is 430 g/mol. The number of hydrogen-bond donors (Lipinski definition) is 2. The van der Waals surface area contributed by atoms with Gasteiger partial charge in [-0.3, -0.25) is 14.5 Å². The third kappa shape index (κ3) is 4.23. The molecule has 1 saturated heterocycles. The van der Waals surface area contributed by atoms with Crippen molar-refractivity contribution >= 4 is 27.6 Å². The van der Waals surface area contributed by atoms with E-state index in [-0.39, 0.29) is 17.7 Å². The van der Waals surface area contributed by atoms with Gasteiger partial charge in [-0.2, -0.15) is 8.42 Å². The third-order valence-electron chi connectivity index (χ3n) is 5.18. The van der Waals surface area contributed by atoms with Gasteiger partial charge in [-0.05, 0) is 44.0 Å². The molecule has 2 aliphatic rings. The van der Waals surface area contributed by atoms with Crippen LogP contribution in [0, 0.1) is 12.8 Å². The molecular weight excluding hydrogens is 406 g/mol. The Morgan fingerprint density at radius 1 is 1.33 bits per heavy atom. The van der Waals surface area contributed by atoms with Gasteiger partial charge in [0.25, 0.3) is 5.91 Å². The summed E-state index contributed by atoms with van der Waals surface area (Å²) < 4.78 is 35.3. The molecule has 0 unspecified atom stereocenters. The van der Waals surface area contributed by atoms with E-state index in [9.17, 15) is 13.2 Å². The van der Waals surface area contributed by atoms with Crippen LogP contribution in [0.15, 0.2) is 40.9 Å². The lowest BCUT2D eigenvalue weighted by Crippen LogP contribution is -2.41. The van der Waals surface area contributed by atoms with Crippen LogP contribution >= 0.6 is 0 Å². The molecule has 1 amide bonds. The largest absolute Gasteiger partial charge is 0.492 e. The molecule has 0 radical (unpaired) electrons. The predicted octanol–water partition coefficient (Wildman–Crippen LogP) is 1.70. The summed E-state index contributed by atoms with van der Waals surface area (Å²) in [4.78, 5) is 18.8. The second-order valence-corrected chi connectivity index (χ2v) is 8.83. The van der Waals surface area contributed by atoms with Crippen LogP contribution < -0.4 is 15.2 Å². The standard InChI is InChI=1S/C20H23N5O4S/c1-13-7-8-15(10-22-13)20(26)25-9-3-4-14(11-25)12-29-17-6-2-5-16-18(17)19(21)24-30(27,28)23-16/h2,5-8,10,14,23H,3-4,9,11-12H2,1H3,(H2,21,24)/t14-/m0/s1. The molecule has 3 N–H and O–H groups in total. The van der Waals surface area contributed by atoms with E-state index in [1.165, 1.54) is 0 Å². The number of amides is 1. The summed E-state index contributed by atoms with van der Waals surface area (Å²) in [5.41, 5.74) is 8.08. The van der Waals surface area contributed by atoms with Gasteiger partial charge in [0, 0.05) is 30.9 Å². The smallest absolute Gasteiger partial charge is 0.344 e. The second kappa shape index (κ2) is 7.94. The number of nitrogens with one attached hydrogen (secondary N) is 1. The number of pyridine rings is 1. The Labute approximate surface area is 175 Å². The van der Waals surface area contributed by atoms with Crippen molar-refractivity contribution in [2.45, 2.75) is 19.8 Å². The summed E-state index contributed by atoms with van der Waals surface area (Å²) >= 11 is 0. The number of ether oxygens (including phenoxy) is 1. The van der Waals surface area contributed by atoms with Crippen LogP contribution in [-0.2, 0) is 10.2 Å². The molecule has 3 heterocycles. The zero-order valence-corrected chi connectivity index (χ0v) is 17.4. The van der Waals surface area contributed by atoms with E-state index in [4.69, 9.17) is 10.5 Å². The van der Waals surface area contributed by atoms with Gasteiger partial charge in [-0.15, -0.1) is 4.40 Å². The number of likely N-dealkylation sites (tertiary alicyclic amines) is 1. The van der Waals surface area contributed by atoms with Crippen molar-refractivity contribution in [3.63, 3.8) is 0 Å². The number of benzene rings is 1. The quantitative estimate of drug-likeness (QED) is 0.762. The zero-order valence-electron chi connectivity index (χ0n) is 16.5. The molecule has 2 aliphatic heterocycles. The van der Waals surface area contributed by atoms with Crippen LogP contribution in [-0.4, -0.2) is 49.7 Å². The molecule has 4 rings (SSSR count). The molecule has 0 saturated carbocycles. The van der Waals surface area contributed by atoms with Gasteiger partial charge in [0.05, 0.1) is 23.4 Å². The fraction of sp³-hybridized carbons (Fsp3) is 0.350. The van der Waals surface area contributed by atoms with Crippen molar-refractivity contribution in [3.05, 3.63) is 53.3 Å². The van der Waals surface area contributed by atoms with Gasteiger partial charge in [-0.1, -0.05) is 6.07 Å². The molecule has 9 nitrogen and oxygen atoms in total. The van der Waals surface area contributed by atoms with E-state index in [2.05, 4.69) is 14.1 Å². The van der Waals surface area contributed by atoms with Crippen molar-refractivity contribution < 1.29 is 17.9 Å². The fourth-order valence-corrected chi connectivity index (χ4v) is 4.55. The number of nitrogens with zero attached hydrogens (tertiary/aromatic N) is 3. The Hall–Kier alpha value is -3.14. The first-order chi connectivity index (χ1) is 14.3. The number of carbonyl (C=O) groups is 1. The van der Waals surface area contributed by atoms with Crippen LogP contribution in [0.25, 0.3) is 0 Å². The highest BCUT2D eigenvalue weighted by Crippen LogP contribution is 2.31. The number of carbonyl (C=O) groups excluding carboxylic acids is 1. The van der Waals surface area contributed by atoms with Gasteiger partial charge < -0.3 is 15.4 Å². The molecule has 158 valence electrons. The first-order valence-corrected chi connectivity index (χ1v) is 11.1. The SMILES string of the molecule is Cc1ccc(C(=O)N2CCC[C@H](COc3cccc4c3C(N)=NS(=O)(=O)N4)C2)cn1. The van der Waals surface area contributed by atoms with E-state index in [0.717, 1.165) is 18.5 Å². The van der Waals surface area contributed by atoms with E-state index in [1.54, 1.807) is 30.5 Å². The van der Waals surface area contributed by atoms with Crippen LogP contribution in [0.5, 0.6) is 5.75 Å². The van der Waals surface area contributed by atoms with Crippen molar-refractivity contribution in [2.24, 2.45) is 16.0 Å². The predicted molar refractivity (Wildman–Crippen MR) is 113 cm³/mol. The lowest BCUT2D eigenvalue weighted by Gasteiger charge is -2.33. The maximum atomic E-state index is 12.8. The van der Waals surface area contributed by atoms with Crippen molar-refractivity contribution in [2.75, 3.05) is 24.4 Å². The average Bonchev–Trinajstić information content (AvgIpc) is 2.71. The highest BCUT2D eigenvalue weighted by molar-refractivity contribution is 7.91. The molecule has 1 atom stereocenters. The van der Waals surface area contributed by atoms with Gasteiger partial charge in [0.2, 0.25) is 0 Å². The Kier molecular flexibility index (Phi) is 5.33. The van der Waals surface area contributed by atoms with Crippen LogP contribution in [0.2, 0.25) is 0 Å². The van der Waals surface area contributed by atoms with Gasteiger partial charge in [0.1, 0.15) is 5.75 Å². The van der Waals surface area contributed by atoms with Gasteiger partial charge in [0.15, 0.2) is 5.84 Å². The monoisotopic (exact) mass is 429 g/mol. The van der Waals surface area contributed by atoms with E-state index >= 15 is 0 Å². The lowest BCUT2D eigenvalue weighted by molar-refractivity contribution is 0.0633. The first-order valence-electron chi connectivity index (χ1n) is 9.69. The van der Waals surface area contributed by atoms with Gasteiger partial charge >= 0.3 is 10.2 Å². The molecule has 0 bridgehead atoms. The number of aryl methyl sites for hydroxylation is 1. The summed E-state index contributed by atoms with van der Waals surface area (Å²) in [5, 5.41) is 0. The number of anilines is 1. The first kappa shape index (κ1) is 20.1. The number of aromatic nitrogens is 1. The third-order valence-corrected chi connectivity index (χ3v) is 6.09. The molecule has 1 aromatic carbocycles. The van der Waals surface area contributed by atoms with Gasteiger partial charge in [-0.25, -0.2) is 0 Å². The van der Waals surface area contributed by atoms with Crippen molar-refractivity contribution in [1.29, 1.82) is 0 Å². The van der Waals surface area contributed by atoms with E-state index in [0.29, 0.717) is 42.3 Å². The molecule has 1 aromatic heterocycles. The minimum absolute atomic E-state index is 0.0323. The molecule has 0 aliphatic carbocycles. The summed E-state index contributed by atoms with van der Waals surface area (Å²) in [6.45, 7) is 3.54. The maximum Gasteiger partial charge on any atom is 0.344 e. The maximum absolute atomic E-state index is 12.8. The highest BCUT2D eigenvalue weighted by atomic mass is 32.2. The Balaban J connectivity index is 1.44. The zero-order chi connectivity index (χ0) is 21.3. The summed E-state index contributed by atoms with van der Waals surface area (Å²) in [6.07, 6.45) is 3.42. The highest BCUT2D eigenvalue weighted by Gasteiger charge is 2.27. The summed E-state index contributed by atoms with van der Waals surface area (Å²) in [6, 6.07) is 8.65. The molecule has 30 heavy (non-hydrogen) atoms. The summed E-state index contributed by atoms with van der Waals surface area (Å²) in [7, 11) is -3.84. The number of hydrogen-bond acceptors (Lipinski definition) is 6. The normalized spacial score (nSPS) is 20.0. The molecular formula is C20H23N5O4S. The molecule has 2 aromatic rings. The number of rotatable bonds is 4. The van der Waals surface area contributed by atoms with E-state index < -0.39 is 10.2 Å². The Bertz CT molecular complexity index is 1100. The Morgan fingerprint density at radius 3 is 2.93 bits per heavy atom. The lowest BCUT2D eigenvalue weighted by atomic mass is 9.98. The number of amidine groups is 1. The molecule has 1 fully saturated rings. The minimum atomic E-state index is -3.84. The van der Waals surface area contributed by atoms with Crippen LogP contribution in [0.3, 0.4) is 0 Å².